The van der Waals surface area contributed by atoms with Crippen LogP contribution in [0.15, 0.2) is 18.2 Å². The Morgan fingerprint density at radius 2 is 2.04 bits per heavy atom. The number of hydrogen-bond donors (Lipinski definition) is 2. The Hall–Kier alpha value is -2.19. The molecule has 1 heterocycles. The fraction of sp³-hybridized carbons (Fsp3) is 0.550. The normalized spacial score (nSPS) is 24.2. The second-order valence-electron chi connectivity index (χ2n) is 7.81. The maximum atomic E-state index is 13.3. The first-order valence-corrected chi connectivity index (χ1v) is 9.75. The van der Waals surface area contributed by atoms with Crippen molar-refractivity contribution in [2.24, 2.45) is 5.41 Å². The van der Waals surface area contributed by atoms with Gasteiger partial charge in [0, 0.05) is 29.1 Å². The van der Waals surface area contributed by atoms with Crippen LogP contribution in [0.5, 0.6) is 0 Å². The number of carbonyl (C=O) groups excluding carboxylic acids is 3. The van der Waals surface area contributed by atoms with Crippen molar-refractivity contribution in [3.8, 4) is 0 Å². The first kappa shape index (κ1) is 20.5. The topological polar surface area (TPSA) is 104 Å². The predicted octanol–water partition coefficient (Wildman–Crippen LogP) is 0.907. The van der Waals surface area contributed by atoms with Crippen LogP contribution in [0, 0.1) is 5.41 Å². The minimum absolute atomic E-state index is 0.0376. The third-order valence-corrected chi connectivity index (χ3v) is 6.28. The minimum atomic E-state index is -1.77. The summed E-state index contributed by atoms with van der Waals surface area (Å²) in [6.07, 6.45) is 6.32. The minimum Gasteiger partial charge on any atom is -0.469 e. The predicted molar refractivity (Wildman–Crippen MR) is 103 cm³/mol. The lowest BCUT2D eigenvalue weighted by Gasteiger charge is -2.52. The molecule has 1 aromatic rings. The Bertz CT molecular complexity index is 763. The smallest absolute Gasteiger partial charge is 0.469 e. The van der Waals surface area contributed by atoms with Crippen LogP contribution in [0.25, 0.3) is 0 Å². The molecule has 28 heavy (non-hydrogen) atoms. The van der Waals surface area contributed by atoms with E-state index in [4.69, 9.17) is 4.74 Å². The van der Waals surface area contributed by atoms with Gasteiger partial charge in [-0.1, -0.05) is 18.9 Å². The van der Waals surface area contributed by atoms with E-state index in [2.05, 4.69) is 0 Å². The highest BCUT2D eigenvalue weighted by Crippen LogP contribution is 2.48. The van der Waals surface area contributed by atoms with E-state index < -0.39 is 7.12 Å². The quantitative estimate of drug-likeness (QED) is 0.442. The number of benzene rings is 1. The van der Waals surface area contributed by atoms with Crippen LogP contribution in [0.4, 0.5) is 0 Å². The maximum absolute atomic E-state index is 13.3. The number of amides is 1. The van der Waals surface area contributed by atoms with Crippen molar-refractivity contribution in [1.82, 2.24) is 4.90 Å². The number of fused-ring (bicyclic) bond motifs is 1. The fourth-order valence-corrected chi connectivity index (χ4v) is 4.93. The molecule has 0 bridgehead atoms. The van der Waals surface area contributed by atoms with Gasteiger partial charge in [0.15, 0.2) is 0 Å². The summed E-state index contributed by atoms with van der Waals surface area (Å²) in [6.45, 7) is 0.604. The van der Waals surface area contributed by atoms with Gasteiger partial charge in [-0.2, -0.15) is 0 Å². The highest BCUT2D eigenvalue weighted by molar-refractivity contribution is 6.60. The zero-order chi connectivity index (χ0) is 20.3. The number of esters is 1. The monoisotopic (exact) mass is 387 g/mol. The van der Waals surface area contributed by atoms with Crippen molar-refractivity contribution >= 4 is 30.7 Å². The Morgan fingerprint density at radius 1 is 1.29 bits per heavy atom. The molecule has 2 aliphatic rings. The molecule has 2 fully saturated rings. The lowest BCUT2D eigenvalue weighted by atomic mass is 9.63. The van der Waals surface area contributed by atoms with Gasteiger partial charge in [0.25, 0.3) is 5.91 Å². The van der Waals surface area contributed by atoms with E-state index in [9.17, 15) is 24.4 Å². The number of rotatable bonds is 5. The molecule has 3 rings (SSSR count). The molecule has 1 aliphatic heterocycles. The highest BCUT2D eigenvalue weighted by Gasteiger charge is 2.48. The summed E-state index contributed by atoms with van der Waals surface area (Å²) in [5, 5.41) is 18.7. The average Bonchev–Trinajstić information content (AvgIpc) is 2.71. The van der Waals surface area contributed by atoms with Crippen molar-refractivity contribution in [2.45, 2.75) is 51.0 Å². The Kier molecular flexibility index (Phi) is 6.20. The van der Waals surface area contributed by atoms with E-state index in [-0.39, 0.29) is 34.4 Å². The molecule has 0 unspecified atom stereocenters. The van der Waals surface area contributed by atoms with E-state index in [0.29, 0.717) is 24.8 Å². The molecule has 150 valence electrons. The third-order valence-electron chi connectivity index (χ3n) is 6.28. The molecule has 1 saturated carbocycles. The van der Waals surface area contributed by atoms with Crippen molar-refractivity contribution in [3.63, 3.8) is 0 Å². The van der Waals surface area contributed by atoms with Crippen LogP contribution < -0.4 is 5.46 Å². The van der Waals surface area contributed by atoms with Crippen molar-refractivity contribution in [2.75, 3.05) is 13.7 Å². The molecule has 0 spiro atoms. The molecule has 0 aromatic heterocycles. The first-order chi connectivity index (χ1) is 13.4. The summed E-state index contributed by atoms with van der Waals surface area (Å²) in [6, 6.07) is 4.28. The van der Waals surface area contributed by atoms with Crippen LogP contribution in [0.1, 0.15) is 65.7 Å². The summed E-state index contributed by atoms with van der Waals surface area (Å²) < 4.78 is 4.91. The molecule has 8 heteroatoms. The number of nitrogens with zero attached hydrogens (tertiary/aromatic N) is 1. The fourth-order valence-electron chi connectivity index (χ4n) is 4.93. The van der Waals surface area contributed by atoms with Crippen LogP contribution in [0.2, 0.25) is 0 Å². The van der Waals surface area contributed by atoms with Gasteiger partial charge in [-0.3, -0.25) is 14.4 Å². The van der Waals surface area contributed by atoms with Gasteiger partial charge in [0.05, 0.1) is 13.5 Å². The molecule has 7 nitrogen and oxygen atoms in total. The van der Waals surface area contributed by atoms with Gasteiger partial charge >= 0.3 is 13.1 Å². The van der Waals surface area contributed by atoms with Crippen molar-refractivity contribution in [1.29, 1.82) is 0 Å². The number of hydrogen-bond acceptors (Lipinski definition) is 6. The van der Waals surface area contributed by atoms with Gasteiger partial charge in [0.2, 0.25) is 0 Å². The average molecular weight is 387 g/mol. The number of carbonyl (C=O) groups is 3. The molecular formula is C20H26BNO6. The standard InChI is InChI=1S/C20H26BNO6/c1-28-18(24)12-20-8-3-2-5-17(20)22(10-4-9-20)19(25)14-6-7-16(21(26)27)15(11-14)13-23/h6-7,11,13,17,26-27H,2-5,8-10,12H2,1H3/t17-,20+/m0/s1. The summed E-state index contributed by atoms with van der Waals surface area (Å²) in [7, 11) is -0.383. The van der Waals surface area contributed by atoms with Crippen LogP contribution in [0.3, 0.4) is 0 Å². The number of methoxy groups -OCH3 is 1. The highest BCUT2D eigenvalue weighted by atomic mass is 16.5. The molecule has 2 atom stereocenters. The van der Waals surface area contributed by atoms with E-state index in [1.807, 2.05) is 4.90 Å². The van der Waals surface area contributed by atoms with E-state index in [1.54, 1.807) is 0 Å². The third kappa shape index (κ3) is 3.84. The molecule has 2 N–H and O–H groups in total. The summed E-state index contributed by atoms with van der Waals surface area (Å²) in [5.41, 5.74) is 0.240. The molecule has 1 saturated heterocycles. The molecule has 1 aromatic carbocycles. The largest absolute Gasteiger partial charge is 0.489 e. The number of aldehydes is 1. The summed E-state index contributed by atoms with van der Waals surface area (Å²) in [5.74, 6) is -0.436. The number of piperidine rings is 1. The Morgan fingerprint density at radius 3 is 2.71 bits per heavy atom. The van der Waals surface area contributed by atoms with Gasteiger partial charge in [-0.25, -0.2) is 0 Å². The molecular weight excluding hydrogens is 361 g/mol. The molecule has 1 aliphatic carbocycles. The lowest BCUT2D eigenvalue weighted by molar-refractivity contribution is -0.146. The SMILES string of the molecule is COC(=O)C[C@]12CCCC[C@@H]1N(C(=O)c1ccc(B(O)O)c(C=O)c1)CCC2. The lowest BCUT2D eigenvalue weighted by Crippen LogP contribution is -2.56. The number of ether oxygens (including phenoxy) is 1. The zero-order valence-electron chi connectivity index (χ0n) is 16.1. The number of likely N-dealkylation sites (tertiary alicyclic amines) is 1. The van der Waals surface area contributed by atoms with Crippen molar-refractivity contribution < 1.29 is 29.2 Å². The molecule has 0 radical (unpaired) electrons. The van der Waals surface area contributed by atoms with Crippen molar-refractivity contribution in [3.05, 3.63) is 29.3 Å². The van der Waals surface area contributed by atoms with Gasteiger partial charge in [-0.05, 0) is 43.3 Å². The second kappa shape index (κ2) is 8.45. The van der Waals surface area contributed by atoms with Gasteiger partial charge in [0.1, 0.15) is 6.29 Å². The van der Waals surface area contributed by atoms with E-state index in [1.165, 1.54) is 25.3 Å². The maximum Gasteiger partial charge on any atom is 0.489 e. The zero-order valence-corrected chi connectivity index (χ0v) is 16.1. The molecule has 1 amide bonds. The van der Waals surface area contributed by atoms with Crippen LogP contribution >= 0.6 is 0 Å². The first-order valence-electron chi connectivity index (χ1n) is 9.75. The van der Waals surface area contributed by atoms with Crippen LogP contribution in [-0.4, -0.2) is 59.9 Å². The van der Waals surface area contributed by atoms with E-state index in [0.717, 1.165) is 38.5 Å². The van der Waals surface area contributed by atoms with E-state index >= 15 is 0 Å². The van der Waals surface area contributed by atoms with Gasteiger partial charge in [-0.15, -0.1) is 0 Å². The van der Waals surface area contributed by atoms with Gasteiger partial charge < -0.3 is 19.7 Å². The summed E-state index contributed by atoms with van der Waals surface area (Å²) >= 11 is 0. The van der Waals surface area contributed by atoms with Crippen LogP contribution in [-0.2, 0) is 9.53 Å². The Labute approximate surface area is 164 Å². The Balaban J connectivity index is 1.90. The summed E-state index contributed by atoms with van der Waals surface area (Å²) in [4.78, 5) is 38.5. The second-order valence-corrected chi connectivity index (χ2v) is 7.81.